The van der Waals surface area contributed by atoms with E-state index in [4.69, 9.17) is 25.9 Å². The van der Waals surface area contributed by atoms with Crippen LogP contribution in [0.15, 0.2) is 10.5 Å². The Balaban J connectivity index is 0.000000298. The number of likely N-dealkylation sites (N-methyl/N-ethyl adjacent to an activating group) is 1. The van der Waals surface area contributed by atoms with Crippen LogP contribution in [0.2, 0.25) is 5.15 Å². The molecule has 1 aliphatic rings. The van der Waals surface area contributed by atoms with Gasteiger partial charge < -0.3 is 19.7 Å². The lowest BCUT2D eigenvalue weighted by Crippen LogP contribution is -2.39. The second kappa shape index (κ2) is 8.57. The third-order valence-corrected chi connectivity index (χ3v) is 4.47. The van der Waals surface area contributed by atoms with Gasteiger partial charge in [-0.2, -0.15) is 18.2 Å². The normalized spacial score (nSPS) is 18.3. The molecule has 1 fully saturated rings. The number of hydrogen-bond acceptors (Lipinski definition) is 6. The number of rotatable bonds is 2. The number of likely N-dealkylation sites (tertiary alicyclic amines) is 1. The number of alkyl halides is 3. The minimum Gasteiger partial charge on any atom is -0.475 e. The number of carboxylic acid groups (broad SMARTS) is 1. The maximum atomic E-state index is 10.6. The summed E-state index contributed by atoms with van der Waals surface area (Å²) in [6.07, 6.45) is -2.76. The smallest absolute Gasteiger partial charge is 0.475 e. The van der Waals surface area contributed by atoms with Crippen LogP contribution in [0.5, 0.6) is 0 Å². The van der Waals surface area contributed by atoms with Crippen molar-refractivity contribution < 1.29 is 27.5 Å². The van der Waals surface area contributed by atoms with Crippen LogP contribution in [0.3, 0.4) is 0 Å². The van der Waals surface area contributed by atoms with Crippen molar-refractivity contribution >= 4 is 57.4 Å². The molecule has 0 aromatic carbocycles. The zero-order chi connectivity index (χ0) is 19.5. The number of oxazole rings is 1. The first-order valence-corrected chi connectivity index (χ1v) is 8.89. The van der Waals surface area contributed by atoms with Gasteiger partial charge in [-0.1, -0.05) is 11.6 Å². The molecule has 2 N–H and O–H groups in total. The number of carbonyl (C=O) groups is 1. The van der Waals surface area contributed by atoms with Crippen LogP contribution < -0.4 is 5.32 Å². The summed E-state index contributed by atoms with van der Waals surface area (Å²) in [5, 5.41) is 10.9. The van der Waals surface area contributed by atoms with Crippen molar-refractivity contribution in [3.05, 3.63) is 14.8 Å². The lowest BCUT2D eigenvalue weighted by Gasteiger charge is -2.29. The minimum atomic E-state index is -5.08. The molecule has 2 aromatic rings. The van der Waals surface area contributed by atoms with Gasteiger partial charge in [-0.3, -0.25) is 0 Å². The van der Waals surface area contributed by atoms with E-state index in [-0.39, 0.29) is 0 Å². The van der Waals surface area contributed by atoms with Crippen molar-refractivity contribution in [3.63, 3.8) is 0 Å². The van der Waals surface area contributed by atoms with Crippen LogP contribution >= 0.6 is 34.2 Å². The van der Waals surface area contributed by atoms with E-state index in [1.54, 1.807) is 6.07 Å². The van der Waals surface area contributed by atoms with Crippen LogP contribution in [0.1, 0.15) is 12.8 Å². The number of pyridine rings is 1. The van der Waals surface area contributed by atoms with Gasteiger partial charge >= 0.3 is 12.1 Å². The Morgan fingerprint density at radius 3 is 2.73 bits per heavy atom. The van der Waals surface area contributed by atoms with Crippen LogP contribution in [0.25, 0.3) is 11.2 Å². The molecule has 0 saturated carbocycles. The number of aliphatic carboxylic acids is 1. The Morgan fingerprint density at radius 2 is 2.15 bits per heavy atom. The van der Waals surface area contributed by atoms with Crippen LogP contribution in [-0.2, 0) is 4.79 Å². The quantitative estimate of drug-likeness (QED) is 0.475. The molecule has 0 unspecified atom stereocenters. The maximum Gasteiger partial charge on any atom is 0.490 e. The molecule has 1 aliphatic heterocycles. The molecule has 144 valence electrons. The Hall–Kier alpha value is -1.34. The van der Waals surface area contributed by atoms with E-state index in [1.807, 2.05) is 0 Å². The van der Waals surface area contributed by atoms with Gasteiger partial charge in [-0.15, -0.1) is 0 Å². The number of anilines is 1. The predicted octanol–water partition coefficient (Wildman–Crippen LogP) is 3.62. The highest BCUT2D eigenvalue weighted by molar-refractivity contribution is 14.1. The van der Waals surface area contributed by atoms with Crippen molar-refractivity contribution in [1.29, 1.82) is 0 Å². The molecule has 7 nitrogen and oxygen atoms in total. The molecule has 0 spiro atoms. The average Bonchev–Trinajstić information content (AvgIpc) is 2.89. The zero-order valence-corrected chi connectivity index (χ0v) is 16.4. The van der Waals surface area contributed by atoms with Crippen LogP contribution in [-0.4, -0.2) is 58.3 Å². The Morgan fingerprint density at radius 1 is 1.50 bits per heavy atom. The van der Waals surface area contributed by atoms with Gasteiger partial charge in [0.2, 0.25) is 5.65 Å². The van der Waals surface area contributed by atoms with Gasteiger partial charge in [0.15, 0.2) is 5.58 Å². The molecule has 1 atom stereocenters. The summed E-state index contributed by atoms with van der Waals surface area (Å²) < 4.78 is 38.4. The van der Waals surface area contributed by atoms with E-state index in [1.165, 1.54) is 6.42 Å². The van der Waals surface area contributed by atoms with E-state index >= 15 is 0 Å². The van der Waals surface area contributed by atoms with E-state index in [0.29, 0.717) is 28.4 Å². The average molecular weight is 507 g/mol. The number of nitrogens with zero attached hydrogens (tertiary/aromatic N) is 3. The number of carboxylic acids is 1. The second-order valence-corrected chi connectivity index (χ2v) is 7.20. The molecule has 3 heterocycles. The molecule has 0 amide bonds. The summed E-state index contributed by atoms with van der Waals surface area (Å²) in [7, 11) is 2.13. The van der Waals surface area contributed by atoms with Gasteiger partial charge in [-0.05, 0) is 55.1 Å². The summed E-state index contributed by atoms with van der Waals surface area (Å²) in [4.78, 5) is 19.7. The second-order valence-electron chi connectivity index (χ2n) is 5.65. The first-order valence-electron chi connectivity index (χ1n) is 7.44. The highest BCUT2D eigenvalue weighted by Crippen LogP contribution is 2.26. The maximum absolute atomic E-state index is 10.6. The standard InChI is InChI=1S/C12H14ClIN4O.C2HF3O2/c1-18-4-2-3-7(6-18)15-12-17-11-10(19-12)8(14)5-9(13)16-11;3-2(4,5)1(6)7/h5,7H,2-4,6H2,1H3,(H,15,16,17);(H,6,7)/t7-;/m1./s1. The van der Waals surface area contributed by atoms with Gasteiger partial charge in [-0.25, -0.2) is 9.78 Å². The zero-order valence-electron chi connectivity index (χ0n) is 13.5. The van der Waals surface area contributed by atoms with E-state index < -0.39 is 12.1 Å². The summed E-state index contributed by atoms with van der Waals surface area (Å²) in [6.45, 7) is 2.16. The summed E-state index contributed by atoms with van der Waals surface area (Å²) >= 11 is 8.10. The minimum absolute atomic E-state index is 0.375. The fourth-order valence-corrected chi connectivity index (χ4v) is 3.39. The number of piperidine rings is 1. The Bertz CT molecular complexity index is 787. The Kier molecular flexibility index (Phi) is 6.91. The van der Waals surface area contributed by atoms with Gasteiger partial charge in [0, 0.05) is 12.6 Å². The van der Waals surface area contributed by atoms with E-state index in [9.17, 15) is 13.2 Å². The monoisotopic (exact) mass is 506 g/mol. The molecule has 12 heteroatoms. The van der Waals surface area contributed by atoms with Gasteiger partial charge in [0.1, 0.15) is 5.15 Å². The van der Waals surface area contributed by atoms with Crippen molar-refractivity contribution in [2.75, 3.05) is 25.5 Å². The lowest BCUT2D eigenvalue weighted by atomic mass is 10.1. The molecule has 0 radical (unpaired) electrons. The van der Waals surface area contributed by atoms with Crippen LogP contribution in [0.4, 0.5) is 19.2 Å². The number of aromatic nitrogens is 2. The molecule has 3 rings (SSSR count). The van der Waals surface area contributed by atoms with Crippen molar-refractivity contribution in [3.8, 4) is 0 Å². The molecule has 2 aromatic heterocycles. The van der Waals surface area contributed by atoms with E-state index in [0.717, 1.165) is 23.1 Å². The third-order valence-electron chi connectivity index (χ3n) is 3.48. The number of hydrogen-bond donors (Lipinski definition) is 2. The first-order chi connectivity index (χ1) is 12.1. The van der Waals surface area contributed by atoms with Crippen LogP contribution in [0, 0.1) is 3.57 Å². The number of fused-ring (bicyclic) bond motifs is 1. The first kappa shape index (κ1) is 21.0. The third kappa shape index (κ3) is 5.84. The predicted molar refractivity (Wildman–Crippen MR) is 97.4 cm³/mol. The highest BCUT2D eigenvalue weighted by atomic mass is 127. The summed E-state index contributed by atoms with van der Waals surface area (Å²) in [5.74, 6) is -2.76. The SMILES string of the molecule is CN1CCC[C@@H](Nc2nc3nc(Cl)cc(I)c3o2)C1.O=C(O)C(F)(F)F. The van der Waals surface area contributed by atoms with Crippen molar-refractivity contribution in [2.45, 2.75) is 25.1 Å². The Labute approximate surface area is 165 Å². The molecular weight excluding hydrogens is 492 g/mol. The number of nitrogens with one attached hydrogen (secondary N) is 1. The van der Waals surface area contributed by atoms with Crippen molar-refractivity contribution in [2.24, 2.45) is 0 Å². The topological polar surface area (TPSA) is 91.5 Å². The van der Waals surface area contributed by atoms with Crippen molar-refractivity contribution in [1.82, 2.24) is 14.9 Å². The van der Waals surface area contributed by atoms with Gasteiger partial charge in [0.25, 0.3) is 6.01 Å². The molecule has 1 saturated heterocycles. The molecule has 0 aliphatic carbocycles. The largest absolute Gasteiger partial charge is 0.490 e. The summed E-state index contributed by atoms with van der Waals surface area (Å²) in [5.41, 5.74) is 1.25. The molecule has 0 bridgehead atoms. The summed E-state index contributed by atoms with van der Waals surface area (Å²) in [6, 6.07) is 2.68. The molecular formula is C14H15ClF3IN4O3. The number of halogens is 5. The van der Waals surface area contributed by atoms with Gasteiger partial charge in [0.05, 0.1) is 3.57 Å². The van der Waals surface area contributed by atoms with E-state index in [2.05, 4.69) is 49.8 Å². The fraction of sp³-hybridized carbons (Fsp3) is 0.500. The highest BCUT2D eigenvalue weighted by Gasteiger charge is 2.38. The fourth-order valence-electron chi connectivity index (χ4n) is 2.37. The molecule has 26 heavy (non-hydrogen) atoms. The lowest BCUT2D eigenvalue weighted by molar-refractivity contribution is -0.192.